The van der Waals surface area contributed by atoms with Gasteiger partial charge in [0.2, 0.25) is 5.91 Å². The van der Waals surface area contributed by atoms with Gasteiger partial charge in [0.15, 0.2) is 11.5 Å². The van der Waals surface area contributed by atoms with Gasteiger partial charge in [0.1, 0.15) is 5.75 Å². The average molecular weight is 273 g/mol. The number of anilines is 1. The molecule has 0 spiro atoms. The molecule has 0 saturated heterocycles. The van der Waals surface area contributed by atoms with E-state index in [2.05, 4.69) is 15.3 Å². The van der Waals surface area contributed by atoms with E-state index in [-0.39, 0.29) is 23.7 Å². The molecule has 0 bridgehead atoms. The molecule has 7 heteroatoms. The number of phenols is 1. The molecular formula is C13H11N3O4. The third-order valence-electron chi connectivity index (χ3n) is 2.43. The standard InChI is InChI=1S/C13H11N3O4/c17-9-3-1-2-8(6-9)7-10(18)16-12-11(13(19)20)14-4-5-15-12/h1-6,17H,7H2,(H,19,20)(H,15,16,18). The number of carboxylic acids is 1. The van der Waals surface area contributed by atoms with E-state index in [4.69, 9.17) is 5.11 Å². The number of carbonyl (C=O) groups is 2. The third-order valence-corrected chi connectivity index (χ3v) is 2.43. The van der Waals surface area contributed by atoms with Gasteiger partial charge < -0.3 is 15.5 Å². The summed E-state index contributed by atoms with van der Waals surface area (Å²) >= 11 is 0. The Morgan fingerprint density at radius 3 is 2.65 bits per heavy atom. The molecule has 0 fully saturated rings. The Kier molecular flexibility index (Phi) is 3.90. The number of nitrogens with one attached hydrogen (secondary N) is 1. The summed E-state index contributed by atoms with van der Waals surface area (Å²) in [6.07, 6.45) is 2.51. The van der Waals surface area contributed by atoms with Crippen molar-refractivity contribution in [1.29, 1.82) is 0 Å². The van der Waals surface area contributed by atoms with Gasteiger partial charge in [-0.2, -0.15) is 0 Å². The van der Waals surface area contributed by atoms with E-state index in [1.807, 2.05) is 0 Å². The second-order valence-corrected chi connectivity index (χ2v) is 3.95. The summed E-state index contributed by atoms with van der Waals surface area (Å²) in [5.41, 5.74) is 0.278. The molecule has 0 aliphatic carbocycles. The largest absolute Gasteiger partial charge is 0.508 e. The molecule has 0 atom stereocenters. The first-order valence-electron chi connectivity index (χ1n) is 5.68. The molecule has 2 rings (SSSR count). The van der Waals surface area contributed by atoms with Crippen LogP contribution < -0.4 is 5.32 Å². The van der Waals surface area contributed by atoms with E-state index in [9.17, 15) is 14.7 Å². The topological polar surface area (TPSA) is 112 Å². The Morgan fingerprint density at radius 2 is 1.95 bits per heavy atom. The lowest BCUT2D eigenvalue weighted by Crippen LogP contribution is -2.18. The molecular weight excluding hydrogens is 262 g/mol. The zero-order chi connectivity index (χ0) is 14.5. The van der Waals surface area contributed by atoms with Crippen LogP contribution in [0.1, 0.15) is 16.1 Å². The Morgan fingerprint density at radius 1 is 1.20 bits per heavy atom. The van der Waals surface area contributed by atoms with Crippen molar-refractivity contribution in [2.45, 2.75) is 6.42 Å². The number of rotatable bonds is 4. The van der Waals surface area contributed by atoms with Gasteiger partial charge in [0, 0.05) is 12.4 Å². The van der Waals surface area contributed by atoms with Gasteiger partial charge in [-0.05, 0) is 17.7 Å². The van der Waals surface area contributed by atoms with Crippen LogP contribution in [-0.2, 0) is 11.2 Å². The number of carbonyl (C=O) groups excluding carboxylic acids is 1. The fraction of sp³-hybridized carbons (Fsp3) is 0.0769. The minimum Gasteiger partial charge on any atom is -0.508 e. The molecule has 0 saturated carbocycles. The normalized spacial score (nSPS) is 10.0. The number of hydrogen-bond donors (Lipinski definition) is 3. The van der Waals surface area contributed by atoms with Crippen LogP contribution in [0.3, 0.4) is 0 Å². The summed E-state index contributed by atoms with van der Waals surface area (Å²) < 4.78 is 0. The number of aromatic carboxylic acids is 1. The first kappa shape index (κ1) is 13.5. The summed E-state index contributed by atoms with van der Waals surface area (Å²) in [4.78, 5) is 30.1. The highest BCUT2D eigenvalue weighted by Gasteiger charge is 2.15. The molecule has 102 valence electrons. The number of aromatic hydroxyl groups is 1. The molecule has 0 aliphatic rings. The summed E-state index contributed by atoms with van der Waals surface area (Å²) in [6, 6.07) is 6.23. The predicted octanol–water partition coefficient (Wildman–Crippen LogP) is 1.06. The Hall–Kier alpha value is -2.96. The van der Waals surface area contributed by atoms with Crippen molar-refractivity contribution in [3.8, 4) is 5.75 Å². The van der Waals surface area contributed by atoms with Crippen LogP contribution in [0.25, 0.3) is 0 Å². The van der Waals surface area contributed by atoms with Crippen molar-refractivity contribution < 1.29 is 19.8 Å². The van der Waals surface area contributed by atoms with E-state index >= 15 is 0 Å². The van der Waals surface area contributed by atoms with Crippen molar-refractivity contribution >= 4 is 17.7 Å². The van der Waals surface area contributed by atoms with Crippen LogP contribution in [0.2, 0.25) is 0 Å². The number of benzene rings is 1. The fourth-order valence-corrected chi connectivity index (χ4v) is 1.61. The smallest absolute Gasteiger partial charge is 0.358 e. The Bertz CT molecular complexity index is 658. The first-order valence-corrected chi connectivity index (χ1v) is 5.68. The molecule has 7 nitrogen and oxygen atoms in total. The van der Waals surface area contributed by atoms with E-state index < -0.39 is 11.9 Å². The van der Waals surface area contributed by atoms with Crippen molar-refractivity contribution in [3.05, 3.63) is 47.9 Å². The molecule has 0 aliphatic heterocycles. The predicted molar refractivity (Wildman–Crippen MR) is 69.4 cm³/mol. The van der Waals surface area contributed by atoms with E-state index in [1.165, 1.54) is 24.5 Å². The highest BCUT2D eigenvalue weighted by atomic mass is 16.4. The van der Waals surface area contributed by atoms with Crippen molar-refractivity contribution in [1.82, 2.24) is 9.97 Å². The molecule has 2 aromatic rings. The van der Waals surface area contributed by atoms with Gasteiger partial charge in [-0.15, -0.1) is 0 Å². The maximum absolute atomic E-state index is 11.8. The van der Waals surface area contributed by atoms with Crippen molar-refractivity contribution in [3.63, 3.8) is 0 Å². The van der Waals surface area contributed by atoms with Crippen LogP contribution >= 0.6 is 0 Å². The molecule has 0 radical (unpaired) electrons. The van der Waals surface area contributed by atoms with Gasteiger partial charge >= 0.3 is 5.97 Å². The van der Waals surface area contributed by atoms with E-state index in [0.29, 0.717) is 5.56 Å². The summed E-state index contributed by atoms with van der Waals surface area (Å²) in [5, 5.41) is 20.6. The summed E-state index contributed by atoms with van der Waals surface area (Å²) in [5.74, 6) is -1.77. The van der Waals surface area contributed by atoms with Gasteiger partial charge in [-0.25, -0.2) is 14.8 Å². The second kappa shape index (κ2) is 5.79. The van der Waals surface area contributed by atoms with Gasteiger partial charge in [-0.1, -0.05) is 12.1 Å². The van der Waals surface area contributed by atoms with E-state index in [1.54, 1.807) is 12.1 Å². The minimum absolute atomic E-state index is 0.00989. The molecule has 1 heterocycles. The van der Waals surface area contributed by atoms with Crippen LogP contribution in [0.5, 0.6) is 5.75 Å². The van der Waals surface area contributed by atoms with Crippen LogP contribution in [0.15, 0.2) is 36.7 Å². The fourth-order valence-electron chi connectivity index (χ4n) is 1.61. The van der Waals surface area contributed by atoms with Crippen molar-refractivity contribution in [2.24, 2.45) is 0 Å². The zero-order valence-electron chi connectivity index (χ0n) is 10.3. The molecule has 1 amide bonds. The number of nitrogens with zero attached hydrogens (tertiary/aromatic N) is 2. The van der Waals surface area contributed by atoms with E-state index in [0.717, 1.165) is 0 Å². The summed E-state index contributed by atoms with van der Waals surface area (Å²) in [7, 11) is 0. The van der Waals surface area contributed by atoms with Gasteiger partial charge in [0.05, 0.1) is 6.42 Å². The maximum Gasteiger partial charge on any atom is 0.358 e. The van der Waals surface area contributed by atoms with Gasteiger partial charge in [-0.3, -0.25) is 4.79 Å². The quantitative estimate of drug-likeness (QED) is 0.767. The minimum atomic E-state index is -1.27. The number of amides is 1. The van der Waals surface area contributed by atoms with Crippen molar-refractivity contribution in [2.75, 3.05) is 5.32 Å². The Balaban J connectivity index is 2.11. The maximum atomic E-state index is 11.8. The molecule has 3 N–H and O–H groups in total. The number of aromatic nitrogens is 2. The van der Waals surface area contributed by atoms with Crippen LogP contribution in [-0.4, -0.2) is 32.1 Å². The lowest BCUT2D eigenvalue weighted by molar-refractivity contribution is -0.115. The number of phenolic OH excluding ortho intramolecular Hbond substituents is 1. The second-order valence-electron chi connectivity index (χ2n) is 3.95. The lowest BCUT2D eigenvalue weighted by Gasteiger charge is -2.06. The lowest BCUT2D eigenvalue weighted by atomic mass is 10.1. The molecule has 1 aromatic heterocycles. The first-order chi connectivity index (χ1) is 9.56. The molecule has 0 unspecified atom stereocenters. The summed E-state index contributed by atoms with van der Waals surface area (Å²) in [6.45, 7) is 0. The number of hydrogen-bond acceptors (Lipinski definition) is 5. The molecule has 20 heavy (non-hydrogen) atoms. The van der Waals surface area contributed by atoms with Crippen LogP contribution in [0, 0.1) is 0 Å². The average Bonchev–Trinajstić information content (AvgIpc) is 2.38. The Labute approximate surface area is 113 Å². The van der Waals surface area contributed by atoms with Crippen LogP contribution in [0.4, 0.5) is 5.82 Å². The number of carboxylic acid groups (broad SMARTS) is 1. The molecule has 1 aromatic carbocycles. The highest BCUT2D eigenvalue weighted by Crippen LogP contribution is 2.13. The highest BCUT2D eigenvalue weighted by molar-refractivity contribution is 5.98. The monoisotopic (exact) mass is 273 g/mol. The zero-order valence-corrected chi connectivity index (χ0v) is 10.3. The third kappa shape index (κ3) is 3.29. The SMILES string of the molecule is O=C(Cc1cccc(O)c1)Nc1nccnc1C(=O)O. The van der Waals surface area contributed by atoms with Gasteiger partial charge in [0.25, 0.3) is 0 Å².